The zero-order valence-corrected chi connectivity index (χ0v) is 9.15. The van der Waals surface area contributed by atoms with Crippen LogP contribution in [0, 0.1) is 0 Å². The molecule has 0 radical (unpaired) electrons. The summed E-state index contributed by atoms with van der Waals surface area (Å²) in [6.07, 6.45) is 0. The van der Waals surface area contributed by atoms with Crippen molar-refractivity contribution in [2.45, 2.75) is 0 Å². The molecule has 0 amide bonds. The first-order valence-corrected chi connectivity index (χ1v) is 3.48. The molecule has 0 aliphatic rings. The van der Waals surface area contributed by atoms with Crippen LogP contribution >= 0.6 is 0 Å². The molecule has 0 bridgehead atoms. The van der Waals surface area contributed by atoms with Crippen molar-refractivity contribution < 1.29 is 40.5 Å². The minimum Gasteiger partial charge on any atom is -1.00 e. The number of rotatable bonds is 0. The van der Waals surface area contributed by atoms with Gasteiger partial charge in [0.2, 0.25) is 0 Å². The summed E-state index contributed by atoms with van der Waals surface area (Å²) in [5, 5.41) is 9.86. The van der Waals surface area contributed by atoms with E-state index < -0.39 is 5.63 Å². The molecule has 0 aliphatic carbocycles. The minimum absolute atomic E-state index is 0. The topological polar surface area (TPSA) is 50.4 Å². The molecule has 0 aliphatic heterocycles. The second kappa shape index (κ2) is 3.96. The van der Waals surface area contributed by atoms with Gasteiger partial charge in [-0.25, -0.2) is 4.79 Å². The van der Waals surface area contributed by atoms with Gasteiger partial charge in [0.05, 0.1) is 0 Å². The number of benzene rings is 1. The van der Waals surface area contributed by atoms with Gasteiger partial charge >= 0.3 is 35.2 Å². The molecule has 0 fully saturated rings. The van der Waals surface area contributed by atoms with Gasteiger partial charge in [-0.2, -0.15) is 0 Å². The summed E-state index contributed by atoms with van der Waals surface area (Å²) >= 11 is 0. The van der Waals surface area contributed by atoms with Gasteiger partial charge < -0.3 is 11.0 Å². The number of fused-ring (bicyclic) bond motifs is 1. The van der Waals surface area contributed by atoms with Gasteiger partial charge in [-0.05, 0) is 18.2 Å². The molecule has 0 atom stereocenters. The van der Waals surface area contributed by atoms with Crippen molar-refractivity contribution in [2.75, 3.05) is 0 Å². The van der Waals surface area contributed by atoms with Gasteiger partial charge in [0.1, 0.15) is 11.3 Å². The van der Waals surface area contributed by atoms with Gasteiger partial charge in [0.15, 0.2) is 0 Å². The molecular weight excluding hydrogens is 179 g/mol. The van der Waals surface area contributed by atoms with Crippen LogP contribution in [0.4, 0.5) is 0 Å². The predicted octanol–water partition coefficient (Wildman–Crippen LogP) is -1.38. The molecular formula is C9H7NaO3. The van der Waals surface area contributed by atoms with Gasteiger partial charge in [-0.15, -0.1) is 0 Å². The molecule has 3 nitrogen and oxygen atoms in total. The van der Waals surface area contributed by atoms with Crippen molar-refractivity contribution >= 4 is 11.0 Å². The first-order valence-electron chi connectivity index (χ1n) is 3.48. The Labute approximate surface area is 97.8 Å². The van der Waals surface area contributed by atoms with Crippen molar-refractivity contribution in [3.63, 3.8) is 0 Å². The standard InChI is InChI=1S/C9H6O3.Na.H/c10-7-3-1-6-2-4-9(11)12-8(6)5-7;;/h1-5,10H;;/q;+1;-1. The summed E-state index contributed by atoms with van der Waals surface area (Å²) in [5.74, 6) is 0.0943. The van der Waals surface area contributed by atoms with E-state index in [0.29, 0.717) is 5.58 Å². The fourth-order valence-electron chi connectivity index (χ4n) is 1.05. The maximum atomic E-state index is 10.7. The third kappa shape index (κ3) is 2.12. The SMILES string of the molecule is O=c1ccc2ccc(O)cc2o1.[H-].[Na+]. The van der Waals surface area contributed by atoms with Gasteiger partial charge in [-0.3, -0.25) is 0 Å². The minimum atomic E-state index is -0.409. The largest absolute Gasteiger partial charge is 1.00 e. The van der Waals surface area contributed by atoms with Crippen molar-refractivity contribution in [3.05, 3.63) is 40.8 Å². The molecule has 62 valence electrons. The molecule has 1 heterocycles. The van der Waals surface area contributed by atoms with E-state index >= 15 is 0 Å². The number of aromatic hydroxyl groups is 1. The van der Waals surface area contributed by atoms with E-state index in [2.05, 4.69) is 0 Å². The van der Waals surface area contributed by atoms with Crippen molar-refractivity contribution in [1.82, 2.24) is 0 Å². The van der Waals surface area contributed by atoms with Crippen molar-refractivity contribution in [3.8, 4) is 5.75 Å². The maximum Gasteiger partial charge on any atom is 1.00 e. The Morgan fingerprint density at radius 2 is 1.92 bits per heavy atom. The van der Waals surface area contributed by atoms with E-state index in [-0.39, 0.29) is 36.7 Å². The molecule has 2 aromatic rings. The molecule has 0 saturated carbocycles. The number of hydrogen-bond acceptors (Lipinski definition) is 3. The van der Waals surface area contributed by atoms with Crippen molar-refractivity contribution in [2.24, 2.45) is 0 Å². The molecule has 1 aromatic heterocycles. The van der Waals surface area contributed by atoms with Gasteiger partial charge in [0, 0.05) is 17.5 Å². The van der Waals surface area contributed by atoms with E-state index in [4.69, 9.17) is 9.52 Å². The molecule has 2 rings (SSSR count). The van der Waals surface area contributed by atoms with E-state index in [1.54, 1.807) is 18.2 Å². The van der Waals surface area contributed by atoms with Crippen LogP contribution in [-0.4, -0.2) is 5.11 Å². The Hall–Kier alpha value is -0.770. The smallest absolute Gasteiger partial charge is 1.00 e. The van der Waals surface area contributed by atoms with Crippen molar-refractivity contribution in [1.29, 1.82) is 0 Å². The fraction of sp³-hybridized carbons (Fsp3) is 0. The maximum absolute atomic E-state index is 10.7. The molecule has 0 saturated heterocycles. The summed E-state index contributed by atoms with van der Waals surface area (Å²) in [6, 6.07) is 7.65. The Kier molecular flexibility index (Phi) is 3.14. The Balaban J connectivity index is 0.000000845. The zero-order valence-electron chi connectivity index (χ0n) is 8.15. The first kappa shape index (κ1) is 10.3. The fourth-order valence-corrected chi connectivity index (χ4v) is 1.05. The molecule has 13 heavy (non-hydrogen) atoms. The molecule has 0 unspecified atom stereocenters. The van der Waals surface area contributed by atoms with Crippen LogP contribution in [0.3, 0.4) is 0 Å². The normalized spacial score (nSPS) is 9.54. The molecule has 1 N–H and O–H groups in total. The molecule has 1 aromatic carbocycles. The van der Waals surface area contributed by atoms with Crippen LogP contribution < -0.4 is 35.2 Å². The number of phenols is 1. The number of hydrogen-bond donors (Lipinski definition) is 1. The second-order valence-electron chi connectivity index (χ2n) is 2.48. The van der Waals surface area contributed by atoms with Crippen LogP contribution in [0.2, 0.25) is 0 Å². The van der Waals surface area contributed by atoms with Gasteiger partial charge in [-0.1, -0.05) is 0 Å². The van der Waals surface area contributed by atoms with E-state index in [1.807, 2.05) is 0 Å². The Morgan fingerprint density at radius 3 is 2.69 bits per heavy atom. The Morgan fingerprint density at radius 1 is 1.23 bits per heavy atom. The molecule has 4 heteroatoms. The first-order chi connectivity index (χ1) is 5.75. The monoisotopic (exact) mass is 186 g/mol. The second-order valence-corrected chi connectivity index (χ2v) is 2.48. The van der Waals surface area contributed by atoms with Crippen LogP contribution in [0.25, 0.3) is 11.0 Å². The van der Waals surface area contributed by atoms with Crippen LogP contribution in [0.1, 0.15) is 1.43 Å². The average molecular weight is 186 g/mol. The predicted molar refractivity (Wildman–Crippen MR) is 45.3 cm³/mol. The number of phenolic OH excluding ortho intramolecular Hbond substituents is 1. The average Bonchev–Trinajstić information content (AvgIpc) is 2.03. The quantitative estimate of drug-likeness (QED) is 0.407. The summed E-state index contributed by atoms with van der Waals surface area (Å²) < 4.78 is 4.83. The van der Waals surface area contributed by atoms with Crippen LogP contribution in [0.15, 0.2) is 39.5 Å². The molecule has 0 spiro atoms. The van der Waals surface area contributed by atoms with Crippen LogP contribution in [-0.2, 0) is 0 Å². The summed E-state index contributed by atoms with van der Waals surface area (Å²) in [4.78, 5) is 10.7. The summed E-state index contributed by atoms with van der Waals surface area (Å²) in [6.45, 7) is 0. The third-order valence-electron chi connectivity index (χ3n) is 1.61. The summed E-state index contributed by atoms with van der Waals surface area (Å²) in [7, 11) is 0. The van der Waals surface area contributed by atoms with Crippen LogP contribution in [0.5, 0.6) is 5.75 Å². The van der Waals surface area contributed by atoms with E-state index in [0.717, 1.165) is 5.39 Å². The zero-order chi connectivity index (χ0) is 8.55. The van der Waals surface area contributed by atoms with E-state index in [1.165, 1.54) is 12.1 Å². The summed E-state index contributed by atoms with van der Waals surface area (Å²) in [5.41, 5.74) is -0.00407. The third-order valence-corrected chi connectivity index (χ3v) is 1.61. The van der Waals surface area contributed by atoms with Gasteiger partial charge in [0.25, 0.3) is 0 Å². The Bertz CT molecular complexity index is 481. The van der Waals surface area contributed by atoms with E-state index in [9.17, 15) is 4.79 Å².